The van der Waals surface area contributed by atoms with Crippen LogP contribution in [0.2, 0.25) is 0 Å². The second-order valence-electron chi connectivity index (χ2n) is 5.03. The molecule has 114 valence electrons. The van der Waals surface area contributed by atoms with Gasteiger partial charge in [0.15, 0.2) is 0 Å². The normalized spacial score (nSPS) is 12.6. The molecule has 1 unspecified atom stereocenters. The molecule has 2 heterocycles. The lowest BCUT2D eigenvalue weighted by molar-refractivity contribution is -0.384. The molecule has 2 aromatic heterocycles. The van der Waals surface area contributed by atoms with Crippen LogP contribution in [-0.4, -0.2) is 26.4 Å². The van der Waals surface area contributed by atoms with Crippen LogP contribution in [0.5, 0.6) is 0 Å². The third kappa shape index (κ3) is 3.22. The second-order valence-corrected chi connectivity index (χ2v) is 5.81. The molecule has 0 aromatic carbocycles. The first kappa shape index (κ1) is 15.5. The molecule has 0 aliphatic rings. The highest BCUT2D eigenvalue weighted by atomic mass is 32.1. The van der Waals surface area contributed by atoms with Gasteiger partial charge in [0.25, 0.3) is 0 Å². The van der Waals surface area contributed by atoms with E-state index in [-0.39, 0.29) is 18.3 Å². The van der Waals surface area contributed by atoms with Gasteiger partial charge in [-0.1, -0.05) is 0 Å². The van der Waals surface area contributed by atoms with Crippen LogP contribution in [0.3, 0.4) is 0 Å². The molecule has 0 aliphatic heterocycles. The molecule has 0 saturated heterocycles. The summed E-state index contributed by atoms with van der Waals surface area (Å²) >= 11 is 1.50. The smallest absolute Gasteiger partial charge is 0.333 e. The van der Waals surface area contributed by atoms with Crippen LogP contribution >= 0.6 is 11.3 Å². The Labute approximate surface area is 126 Å². The lowest BCUT2D eigenvalue weighted by atomic mass is 10.2. The van der Waals surface area contributed by atoms with Crippen molar-refractivity contribution in [2.45, 2.75) is 32.9 Å². The van der Waals surface area contributed by atoms with Crippen molar-refractivity contribution in [3.63, 3.8) is 0 Å². The van der Waals surface area contributed by atoms with E-state index in [0.29, 0.717) is 11.5 Å². The number of anilines is 1. The SMILES string of the molecule is Cc1nn(C(C)C)c(NCC(O)c2ccsc2)c1[N+](=O)[O-]. The van der Waals surface area contributed by atoms with Gasteiger partial charge in [0.1, 0.15) is 5.69 Å². The minimum Gasteiger partial charge on any atom is -0.387 e. The van der Waals surface area contributed by atoms with Crippen LogP contribution in [0.15, 0.2) is 16.8 Å². The summed E-state index contributed by atoms with van der Waals surface area (Å²) in [5.74, 6) is 0.335. The van der Waals surface area contributed by atoms with Gasteiger partial charge in [-0.3, -0.25) is 10.1 Å². The maximum absolute atomic E-state index is 11.2. The van der Waals surface area contributed by atoms with E-state index >= 15 is 0 Å². The van der Waals surface area contributed by atoms with Gasteiger partial charge in [-0.25, -0.2) is 4.68 Å². The predicted molar refractivity (Wildman–Crippen MR) is 81.8 cm³/mol. The molecule has 21 heavy (non-hydrogen) atoms. The summed E-state index contributed by atoms with van der Waals surface area (Å²) in [6.07, 6.45) is -0.716. The van der Waals surface area contributed by atoms with Crippen molar-refractivity contribution >= 4 is 22.8 Å². The summed E-state index contributed by atoms with van der Waals surface area (Å²) in [6.45, 7) is 5.60. The molecule has 1 atom stereocenters. The fourth-order valence-electron chi connectivity index (χ4n) is 2.07. The molecule has 2 rings (SSSR count). The van der Waals surface area contributed by atoms with Gasteiger partial charge in [0.05, 0.1) is 11.0 Å². The van der Waals surface area contributed by atoms with Crippen molar-refractivity contribution in [1.82, 2.24) is 9.78 Å². The average molecular weight is 310 g/mol. The number of aliphatic hydroxyl groups excluding tert-OH is 1. The maximum Gasteiger partial charge on any atom is 0.333 e. The molecular formula is C13H18N4O3S. The average Bonchev–Trinajstić information content (AvgIpc) is 3.02. The van der Waals surface area contributed by atoms with E-state index in [2.05, 4.69) is 10.4 Å². The number of hydrogen-bond donors (Lipinski definition) is 2. The van der Waals surface area contributed by atoms with E-state index in [4.69, 9.17) is 0 Å². The zero-order chi connectivity index (χ0) is 15.6. The van der Waals surface area contributed by atoms with Crippen LogP contribution < -0.4 is 5.32 Å². The molecule has 0 radical (unpaired) electrons. The number of nitrogens with one attached hydrogen (secondary N) is 1. The number of aliphatic hydroxyl groups is 1. The number of aryl methyl sites for hydroxylation is 1. The maximum atomic E-state index is 11.2. The summed E-state index contributed by atoms with van der Waals surface area (Å²) in [6, 6.07) is 1.81. The summed E-state index contributed by atoms with van der Waals surface area (Å²) in [5.41, 5.74) is 1.12. The fourth-order valence-corrected chi connectivity index (χ4v) is 2.78. The summed E-state index contributed by atoms with van der Waals surface area (Å²) in [5, 5.41) is 32.2. The first-order valence-corrected chi connectivity index (χ1v) is 7.53. The number of aromatic nitrogens is 2. The molecule has 2 aromatic rings. The summed E-state index contributed by atoms with van der Waals surface area (Å²) in [4.78, 5) is 10.8. The Morgan fingerprint density at radius 1 is 1.57 bits per heavy atom. The lowest BCUT2D eigenvalue weighted by Gasteiger charge is -2.14. The molecule has 0 spiro atoms. The van der Waals surface area contributed by atoms with E-state index in [1.807, 2.05) is 30.7 Å². The molecule has 0 aliphatic carbocycles. The lowest BCUT2D eigenvalue weighted by Crippen LogP contribution is -2.16. The van der Waals surface area contributed by atoms with E-state index in [1.165, 1.54) is 11.3 Å². The highest BCUT2D eigenvalue weighted by Crippen LogP contribution is 2.31. The Kier molecular flexibility index (Phi) is 4.59. The van der Waals surface area contributed by atoms with Gasteiger partial charge < -0.3 is 10.4 Å². The Morgan fingerprint density at radius 3 is 2.81 bits per heavy atom. The fraction of sp³-hybridized carbons (Fsp3) is 0.462. The topological polar surface area (TPSA) is 93.2 Å². The number of rotatable bonds is 6. The highest BCUT2D eigenvalue weighted by molar-refractivity contribution is 7.07. The zero-order valence-electron chi connectivity index (χ0n) is 12.1. The molecule has 0 fully saturated rings. The molecule has 2 N–H and O–H groups in total. The second kappa shape index (κ2) is 6.23. The number of thiophene rings is 1. The van der Waals surface area contributed by atoms with Crippen LogP contribution in [0.25, 0.3) is 0 Å². The minimum atomic E-state index is -0.716. The van der Waals surface area contributed by atoms with Crippen molar-refractivity contribution in [1.29, 1.82) is 0 Å². The van der Waals surface area contributed by atoms with Crippen molar-refractivity contribution in [2.24, 2.45) is 0 Å². The van der Waals surface area contributed by atoms with Gasteiger partial charge in [-0.05, 0) is 43.2 Å². The highest BCUT2D eigenvalue weighted by Gasteiger charge is 2.26. The summed E-state index contributed by atoms with van der Waals surface area (Å²) in [7, 11) is 0. The monoisotopic (exact) mass is 310 g/mol. The van der Waals surface area contributed by atoms with E-state index in [9.17, 15) is 15.2 Å². The van der Waals surface area contributed by atoms with Crippen molar-refractivity contribution in [3.05, 3.63) is 38.2 Å². The zero-order valence-corrected chi connectivity index (χ0v) is 12.9. The molecule has 0 amide bonds. The van der Waals surface area contributed by atoms with Gasteiger partial charge in [-0.2, -0.15) is 16.4 Å². The number of hydrogen-bond acceptors (Lipinski definition) is 6. The number of nitrogens with zero attached hydrogens (tertiary/aromatic N) is 3. The number of nitro groups is 1. The van der Waals surface area contributed by atoms with Crippen LogP contribution in [0.1, 0.15) is 37.3 Å². The van der Waals surface area contributed by atoms with E-state index in [1.54, 1.807) is 11.6 Å². The Balaban J connectivity index is 2.24. The van der Waals surface area contributed by atoms with Gasteiger partial charge >= 0.3 is 5.69 Å². The molecule has 0 saturated carbocycles. The van der Waals surface area contributed by atoms with Gasteiger partial charge in [0, 0.05) is 12.6 Å². The molecule has 7 nitrogen and oxygen atoms in total. The predicted octanol–water partition coefficient (Wildman–Crippen LogP) is 2.89. The van der Waals surface area contributed by atoms with E-state index in [0.717, 1.165) is 5.56 Å². The Hall–Kier alpha value is -1.93. The van der Waals surface area contributed by atoms with Crippen molar-refractivity contribution < 1.29 is 10.0 Å². The van der Waals surface area contributed by atoms with Crippen LogP contribution in [0, 0.1) is 17.0 Å². The molecular weight excluding hydrogens is 292 g/mol. The Bertz CT molecular complexity index is 622. The Morgan fingerprint density at radius 2 is 2.29 bits per heavy atom. The van der Waals surface area contributed by atoms with Gasteiger partial charge in [-0.15, -0.1) is 0 Å². The van der Waals surface area contributed by atoms with Crippen LogP contribution in [-0.2, 0) is 0 Å². The third-order valence-electron chi connectivity index (χ3n) is 3.12. The largest absolute Gasteiger partial charge is 0.387 e. The first-order valence-electron chi connectivity index (χ1n) is 6.59. The first-order chi connectivity index (χ1) is 9.91. The van der Waals surface area contributed by atoms with Crippen molar-refractivity contribution in [2.75, 3.05) is 11.9 Å². The molecule has 8 heteroatoms. The minimum absolute atomic E-state index is 0.0156. The van der Waals surface area contributed by atoms with Crippen LogP contribution in [0.4, 0.5) is 11.5 Å². The standard InChI is InChI=1S/C13H18N4O3S/c1-8(2)16-13(12(17(19)20)9(3)15-16)14-6-11(18)10-4-5-21-7-10/h4-5,7-8,11,14,18H,6H2,1-3H3. The summed E-state index contributed by atoms with van der Waals surface area (Å²) < 4.78 is 1.58. The van der Waals surface area contributed by atoms with Crippen molar-refractivity contribution in [3.8, 4) is 0 Å². The molecule has 0 bridgehead atoms. The third-order valence-corrected chi connectivity index (χ3v) is 3.82. The van der Waals surface area contributed by atoms with E-state index < -0.39 is 11.0 Å². The quantitative estimate of drug-likeness (QED) is 0.632. The van der Waals surface area contributed by atoms with Gasteiger partial charge in [0.2, 0.25) is 5.82 Å².